The number of nitrogens with zero attached hydrogens (tertiary/aromatic N) is 4. The summed E-state index contributed by atoms with van der Waals surface area (Å²) >= 11 is 2.85. The van der Waals surface area contributed by atoms with Crippen molar-refractivity contribution in [3.8, 4) is 6.07 Å². The first kappa shape index (κ1) is 25.7. The minimum absolute atomic E-state index is 0.00684. The maximum Gasteiger partial charge on any atom is 0.250 e. The molecule has 0 unspecified atom stereocenters. The molecule has 2 fully saturated rings. The summed E-state index contributed by atoms with van der Waals surface area (Å²) in [5.41, 5.74) is 0.542. The molecule has 0 radical (unpaired) electrons. The van der Waals surface area contributed by atoms with Crippen molar-refractivity contribution in [2.75, 3.05) is 37.6 Å². The Kier molecular flexibility index (Phi) is 7.38. The smallest absolute Gasteiger partial charge is 0.250 e. The van der Waals surface area contributed by atoms with E-state index in [1.807, 2.05) is 6.07 Å². The molecule has 6 rings (SSSR count). The van der Waals surface area contributed by atoms with E-state index in [4.69, 9.17) is 9.64 Å². The van der Waals surface area contributed by atoms with Gasteiger partial charge in [-0.2, -0.15) is 9.64 Å². The summed E-state index contributed by atoms with van der Waals surface area (Å²) in [6.07, 6.45) is 5.08. The zero-order chi connectivity index (χ0) is 26.1. The van der Waals surface area contributed by atoms with E-state index < -0.39 is 10.0 Å². The van der Waals surface area contributed by atoms with Crippen LogP contribution < -0.4 is 9.62 Å². The third kappa shape index (κ3) is 5.44. The van der Waals surface area contributed by atoms with E-state index in [0.717, 1.165) is 74.3 Å². The SMILES string of the molecule is N#Cc1ccc2sc(S(=O)(=O)N[C@H]3CC[C@H](CCN4CCN(c5nsc6ccccc56)CC4)CC3)cc2c1. The number of aromatic nitrogens is 1. The van der Waals surface area contributed by atoms with Gasteiger partial charge in [0, 0.05) is 42.3 Å². The number of rotatable bonds is 7. The summed E-state index contributed by atoms with van der Waals surface area (Å²) in [6, 6.07) is 17.6. The van der Waals surface area contributed by atoms with Gasteiger partial charge in [-0.3, -0.25) is 4.90 Å². The van der Waals surface area contributed by atoms with Gasteiger partial charge in [0.05, 0.1) is 16.3 Å². The van der Waals surface area contributed by atoms with Gasteiger partial charge in [0.15, 0.2) is 0 Å². The lowest BCUT2D eigenvalue weighted by atomic mass is 9.84. The largest absolute Gasteiger partial charge is 0.353 e. The van der Waals surface area contributed by atoms with Gasteiger partial charge in [0.25, 0.3) is 0 Å². The summed E-state index contributed by atoms with van der Waals surface area (Å²) in [7, 11) is -3.56. The molecule has 2 aliphatic rings. The second kappa shape index (κ2) is 10.9. The van der Waals surface area contributed by atoms with Crippen LogP contribution in [0, 0.1) is 17.2 Å². The number of benzene rings is 2. The van der Waals surface area contributed by atoms with Crippen molar-refractivity contribution >= 4 is 58.9 Å². The average Bonchev–Trinajstić information content (AvgIpc) is 3.57. The number of nitriles is 1. The number of hydrogen-bond acceptors (Lipinski definition) is 8. The highest BCUT2D eigenvalue weighted by Gasteiger charge is 2.28. The maximum atomic E-state index is 13.0. The van der Waals surface area contributed by atoms with E-state index in [9.17, 15) is 8.42 Å². The molecule has 1 saturated carbocycles. The predicted octanol–water partition coefficient (Wildman–Crippen LogP) is 5.43. The van der Waals surface area contributed by atoms with Gasteiger partial charge in [-0.15, -0.1) is 11.3 Å². The number of anilines is 1. The zero-order valence-corrected chi connectivity index (χ0v) is 23.6. The molecule has 2 aromatic heterocycles. The molecule has 7 nitrogen and oxygen atoms in total. The second-order valence-electron chi connectivity index (χ2n) is 10.4. The van der Waals surface area contributed by atoms with E-state index in [0.29, 0.717) is 15.7 Å². The van der Waals surface area contributed by atoms with E-state index in [-0.39, 0.29) is 6.04 Å². The number of thiophene rings is 1. The van der Waals surface area contributed by atoms with Gasteiger partial charge in [0.1, 0.15) is 10.0 Å². The van der Waals surface area contributed by atoms with Crippen molar-refractivity contribution in [2.24, 2.45) is 5.92 Å². The Morgan fingerprint density at radius 3 is 2.58 bits per heavy atom. The topological polar surface area (TPSA) is 89.3 Å². The summed E-state index contributed by atoms with van der Waals surface area (Å²) in [5, 5.41) is 11.2. The van der Waals surface area contributed by atoms with E-state index in [1.165, 1.54) is 27.8 Å². The summed E-state index contributed by atoms with van der Waals surface area (Å²) in [6.45, 7) is 5.26. The van der Waals surface area contributed by atoms with Crippen LogP contribution in [0.4, 0.5) is 5.82 Å². The van der Waals surface area contributed by atoms with Crippen LogP contribution >= 0.6 is 22.9 Å². The molecule has 2 aromatic carbocycles. The maximum absolute atomic E-state index is 13.0. The summed E-state index contributed by atoms with van der Waals surface area (Å²) in [4.78, 5) is 4.99. The molecule has 3 heterocycles. The Labute approximate surface area is 231 Å². The summed E-state index contributed by atoms with van der Waals surface area (Å²) in [5.74, 6) is 1.79. The first-order valence-corrected chi connectivity index (χ1v) is 16.3. The van der Waals surface area contributed by atoms with E-state index in [2.05, 4.69) is 44.9 Å². The van der Waals surface area contributed by atoms with Gasteiger partial charge in [-0.05, 0) is 97.9 Å². The number of sulfonamides is 1. The van der Waals surface area contributed by atoms with Crippen molar-refractivity contribution in [1.29, 1.82) is 5.26 Å². The predicted molar refractivity (Wildman–Crippen MR) is 155 cm³/mol. The Morgan fingerprint density at radius 2 is 1.79 bits per heavy atom. The lowest BCUT2D eigenvalue weighted by Crippen LogP contribution is -2.47. The van der Waals surface area contributed by atoms with Gasteiger partial charge >= 0.3 is 0 Å². The van der Waals surface area contributed by atoms with Crippen molar-refractivity contribution < 1.29 is 8.42 Å². The normalized spacial score (nSPS) is 21.2. The molecule has 1 saturated heterocycles. The Balaban J connectivity index is 0.958. The number of fused-ring (bicyclic) bond motifs is 2. The standard InChI is InChI=1S/C28H31N5O2S3/c29-19-21-7-10-25-22(17-21)18-27(36-25)38(34,35)31-23-8-5-20(6-9-23)11-12-32-13-15-33(16-14-32)28-24-3-1-2-4-26(24)37-30-28/h1-4,7,10,17-18,20,23,31H,5-6,8-9,11-16H2/t20-,23-. The fraction of sp³-hybridized carbons (Fsp3) is 0.429. The number of piperazine rings is 1. The fourth-order valence-corrected chi connectivity index (χ4v) is 9.21. The van der Waals surface area contributed by atoms with E-state index in [1.54, 1.807) is 29.7 Å². The Hall–Kier alpha value is -2.55. The molecule has 1 N–H and O–H groups in total. The third-order valence-corrected chi connectivity index (χ3v) is 11.9. The van der Waals surface area contributed by atoms with Crippen molar-refractivity contribution in [3.63, 3.8) is 0 Å². The first-order valence-electron chi connectivity index (χ1n) is 13.3. The van der Waals surface area contributed by atoms with Gasteiger partial charge < -0.3 is 4.90 Å². The van der Waals surface area contributed by atoms with Gasteiger partial charge in [0.2, 0.25) is 10.0 Å². The Bertz CT molecular complexity index is 1570. The zero-order valence-electron chi connectivity index (χ0n) is 21.2. The fourth-order valence-electron chi connectivity index (χ4n) is 5.72. The molecule has 10 heteroatoms. The van der Waals surface area contributed by atoms with Crippen LogP contribution in [0.15, 0.2) is 52.7 Å². The molecule has 0 spiro atoms. The molecular formula is C28H31N5O2S3. The van der Waals surface area contributed by atoms with E-state index >= 15 is 0 Å². The highest BCUT2D eigenvalue weighted by atomic mass is 32.2. The van der Waals surface area contributed by atoms with Crippen LogP contribution in [0.2, 0.25) is 0 Å². The molecule has 38 heavy (non-hydrogen) atoms. The van der Waals surface area contributed by atoms with Gasteiger partial charge in [-0.25, -0.2) is 13.1 Å². The minimum atomic E-state index is -3.56. The molecule has 0 amide bonds. The molecule has 1 aliphatic heterocycles. The lowest BCUT2D eigenvalue weighted by Gasteiger charge is -2.36. The van der Waals surface area contributed by atoms with Crippen molar-refractivity contribution in [3.05, 3.63) is 54.1 Å². The number of hydrogen-bond donors (Lipinski definition) is 1. The Morgan fingerprint density at radius 1 is 1.00 bits per heavy atom. The molecule has 0 atom stereocenters. The average molecular weight is 566 g/mol. The van der Waals surface area contributed by atoms with Crippen LogP contribution in [0.25, 0.3) is 20.2 Å². The lowest BCUT2D eigenvalue weighted by molar-refractivity contribution is 0.214. The van der Waals surface area contributed by atoms with Crippen LogP contribution in [-0.4, -0.2) is 56.5 Å². The summed E-state index contributed by atoms with van der Waals surface area (Å²) < 4.78 is 36.2. The van der Waals surface area contributed by atoms with Crippen LogP contribution in [0.1, 0.15) is 37.7 Å². The van der Waals surface area contributed by atoms with Crippen molar-refractivity contribution in [2.45, 2.75) is 42.4 Å². The monoisotopic (exact) mass is 565 g/mol. The molecular weight excluding hydrogens is 535 g/mol. The highest BCUT2D eigenvalue weighted by Crippen LogP contribution is 2.33. The van der Waals surface area contributed by atoms with Gasteiger partial charge in [-0.1, -0.05) is 12.1 Å². The second-order valence-corrected chi connectivity index (χ2v) is 14.2. The molecule has 4 aromatic rings. The first-order chi connectivity index (χ1) is 18.5. The third-order valence-electron chi connectivity index (χ3n) is 7.94. The number of nitrogens with one attached hydrogen (secondary N) is 1. The minimum Gasteiger partial charge on any atom is -0.353 e. The van der Waals surface area contributed by atoms with Crippen LogP contribution in [0.3, 0.4) is 0 Å². The van der Waals surface area contributed by atoms with Crippen LogP contribution in [-0.2, 0) is 10.0 Å². The molecule has 0 bridgehead atoms. The van der Waals surface area contributed by atoms with Crippen LogP contribution in [0.5, 0.6) is 0 Å². The molecule has 1 aliphatic carbocycles. The quantitative estimate of drug-likeness (QED) is 0.321. The molecule has 198 valence electrons. The van der Waals surface area contributed by atoms with Crippen molar-refractivity contribution in [1.82, 2.24) is 14.0 Å². The highest BCUT2D eigenvalue weighted by molar-refractivity contribution is 7.91.